The number of benzene rings is 1. The molecule has 2 rings (SSSR count). The van der Waals surface area contributed by atoms with Gasteiger partial charge in [-0.15, -0.1) is 0 Å². The zero-order valence-electron chi connectivity index (χ0n) is 16.7. The van der Waals surface area contributed by atoms with E-state index in [1.165, 1.54) is 4.68 Å². The summed E-state index contributed by atoms with van der Waals surface area (Å²) in [7, 11) is 1.54. The first-order valence-corrected chi connectivity index (χ1v) is 9.10. The number of carbonyl (C=O) groups is 2. The van der Waals surface area contributed by atoms with E-state index < -0.39 is 12.1 Å². The fourth-order valence-corrected chi connectivity index (χ4v) is 3.25. The summed E-state index contributed by atoms with van der Waals surface area (Å²) in [6.45, 7) is 9.27. The normalized spacial score (nSPS) is 12.4. The Morgan fingerprint density at radius 3 is 2.19 bits per heavy atom. The fraction of sp³-hybridized carbons (Fsp3) is 0.500. The molecule has 1 aromatic heterocycles. The van der Waals surface area contributed by atoms with Crippen LogP contribution in [0.5, 0.6) is 0 Å². The Balaban J connectivity index is 2.19. The van der Waals surface area contributed by atoms with Crippen LogP contribution in [0.25, 0.3) is 10.8 Å². The Labute approximate surface area is 158 Å². The first kappa shape index (κ1) is 20.6. The summed E-state index contributed by atoms with van der Waals surface area (Å²) in [6.07, 6.45) is -1.00. The molecule has 0 bridgehead atoms. The van der Waals surface area contributed by atoms with Crippen LogP contribution in [0, 0.1) is 0 Å². The van der Waals surface area contributed by atoms with Crippen molar-refractivity contribution in [1.29, 1.82) is 0 Å². The Hall–Kier alpha value is -2.70. The number of amides is 1. The summed E-state index contributed by atoms with van der Waals surface area (Å²) in [5.74, 6) is -0.786. The Kier molecular flexibility index (Phi) is 6.36. The molecule has 2 aromatic rings. The number of hydrogen-bond donors (Lipinski definition) is 0. The summed E-state index contributed by atoms with van der Waals surface area (Å²) < 4.78 is 6.57. The van der Waals surface area contributed by atoms with Gasteiger partial charge in [0, 0.05) is 24.5 Å². The fourth-order valence-electron chi connectivity index (χ4n) is 3.25. The van der Waals surface area contributed by atoms with Crippen molar-refractivity contribution in [2.75, 3.05) is 0 Å². The number of aromatic nitrogens is 2. The number of fused-ring (bicyclic) bond motifs is 1. The predicted molar refractivity (Wildman–Crippen MR) is 103 cm³/mol. The van der Waals surface area contributed by atoms with Crippen LogP contribution in [-0.2, 0) is 27.8 Å². The van der Waals surface area contributed by atoms with E-state index in [-0.39, 0.29) is 30.0 Å². The van der Waals surface area contributed by atoms with Crippen molar-refractivity contribution in [3.63, 3.8) is 0 Å². The topological polar surface area (TPSA) is 81.5 Å². The van der Waals surface area contributed by atoms with Crippen LogP contribution in [0.15, 0.2) is 29.1 Å². The van der Waals surface area contributed by atoms with E-state index >= 15 is 0 Å². The number of aryl methyl sites for hydroxylation is 1. The van der Waals surface area contributed by atoms with Gasteiger partial charge in [-0.2, -0.15) is 5.10 Å². The molecule has 0 radical (unpaired) electrons. The largest absolute Gasteiger partial charge is 0.452 e. The molecule has 0 spiro atoms. The van der Waals surface area contributed by atoms with Crippen molar-refractivity contribution in [3.8, 4) is 0 Å². The monoisotopic (exact) mass is 373 g/mol. The molecule has 0 fully saturated rings. The lowest BCUT2D eigenvalue weighted by Crippen LogP contribution is -2.47. The van der Waals surface area contributed by atoms with Gasteiger partial charge in [-0.05, 0) is 40.7 Å². The number of hydrogen-bond acceptors (Lipinski definition) is 5. The third kappa shape index (κ3) is 4.53. The molecule has 7 heteroatoms. The summed E-state index contributed by atoms with van der Waals surface area (Å²) in [5, 5.41) is 5.30. The molecule has 0 N–H and O–H groups in total. The van der Waals surface area contributed by atoms with Crippen LogP contribution < -0.4 is 5.56 Å². The third-order valence-corrected chi connectivity index (χ3v) is 4.37. The lowest BCUT2D eigenvalue weighted by atomic mass is 10.1. The highest BCUT2D eigenvalue weighted by Gasteiger charge is 2.28. The van der Waals surface area contributed by atoms with Crippen LogP contribution in [0.4, 0.5) is 0 Å². The summed E-state index contributed by atoms with van der Waals surface area (Å²) in [5.41, 5.74) is 0.220. The average Bonchev–Trinajstić information content (AvgIpc) is 2.58. The number of carbonyl (C=O) groups excluding carboxylic acids is 2. The van der Waals surface area contributed by atoms with Gasteiger partial charge in [0.05, 0.1) is 17.5 Å². The zero-order chi connectivity index (χ0) is 20.3. The SMILES string of the molecule is CC(C)N(C(=O)[C@@H](C)OC(=O)Cc1nn(C)c(=O)c2ccccc12)C(C)C. The number of esters is 1. The Morgan fingerprint density at radius 2 is 1.63 bits per heavy atom. The van der Waals surface area contributed by atoms with Crippen molar-refractivity contribution in [2.24, 2.45) is 7.05 Å². The van der Waals surface area contributed by atoms with E-state index in [1.54, 1.807) is 43.1 Å². The lowest BCUT2D eigenvalue weighted by Gasteiger charge is -2.32. The molecule has 146 valence electrons. The van der Waals surface area contributed by atoms with Crippen molar-refractivity contribution in [2.45, 2.75) is 59.2 Å². The standard InChI is InChI=1S/C20H27N3O4/c1-12(2)23(13(3)4)19(25)14(5)27-18(24)11-17-15-9-7-8-10-16(15)20(26)22(6)21-17/h7-10,12-14H,11H2,1-6H3/t14-/m1/s1. The predicted octanol–water partition coefficient (Wildman–Crippen LogP) is 2.05. The maximum absolute atomic E-state index is 12.6. The van der Waals surface area contributed by atoms with Crippen molar-refractivity contribution < 1.29 is 14.3 Å². The second-order valence-electron chi connectivity index (χ2n) is 7.16. The lowest BCUT2D eigenvalue weighted by molar-refractivity contribution is -0.160. The molecule has 27 heavy (non-hydrogen) atoms. The molecule has 0 saturated carbocycles. The summed E-state index contributed by atoms with van der Waals surface area (Å²) in [6, 6.07) is 7.01. The van der Waals surface area contributed by atoms with E-state index in [1.807, 2.05) is 27.7 Å². The van der Waals surface area contributed by atoms with Gasteiger partial charge in [0.2, 0.25) is 0 Å². The molecule has 1 heterocycles. The van der Waals surface area contributed by atoms with Crippen LogP contribution >= 0.6 is 0 Å². The van der Waals surface area contributed by atoms with Gasteiger partial charge < -0.3 is 9.64 Å². The molecular formula is C20H27N3O4. The van der Waals surface area contributed by atoms with Gasteiger partial charge in [0.25, 0.3) is 11.5 Å². The Morgan fingerprint density at radius 1 is 1.07 bits per heavy atom. The van der Waals surface area contributed by atoms with Crippen LogP contribution in [0.3, 0.4) is 0 Å². The van der Waals surface area contributed by atoms with Gasteiger partial charge in [-0.1, -0.05) is 18.2 Å². The number of ether oxygens (including phenoxy) is 1. The molecule has 0 aliphatic carbocycles. The van der Waals surface area contributed by atoms with Gasteiger partial charge in [-0.25, -0.2) is 4.68 Å². The minimum Gasteiger partial charge on any atom is -0.452 e. The van der Waals surface area contributed by atoms with Gasteiger partial charge in [0.1, 0.15) is 0 Å². The maximum atomic E-state index is 12.6. The van der Waals surface area contributed by atoms with Crippen molar-refractivity contribution in [1.82, 2.24) is 14.7 Å². The second kappa shape index (κ2) is 8.33. The van der Waals surface area contributed by atoms with Crippen LogP contribution in [-0.4, -0.2) is 44.7 Å². The molecule has 0 unspecified atom stereocenters. The molecule has 1 amide bonds. The molecule has 1 aromatic carbocycles. The quantitative estimate of drug-likeness (QED) is 0.724. The number of nitrogens with zero attached hydrogens (tertiary/aromatic N) is 3. The minimum absolute atomic E-state index is 0.00732. The first-order valence-electron chi connectivity index (χ1n) is 9.10. The van der Waals surface area contributed by atoms with Crippen molar-refractivity contribution in [3.05, 3.63) is 40.3 Å². The molecule has 7 nitrogen and oxygen atoms in total. The Bertz CT molecular complexity index is 894. The molecule has 0 saturated heterocycles. The van der Waals surface area contributed by atoms with E-state index in [9.17, 15) is 14.4 Å². The minimum atomic E-state index is -0.888. The maximum Gasteiger partial charge on any atom is 0.312 e. The second-order valence-corrected chi connectivity index (χ2v) is 7.16. The zero-order valence-corrected chi connectivity index (χ0v) is 16.7. The third-order valence-electron chi connectivity index (χ3n) is 4.37. The smallest absolute Gasteiger partial charge is 0.312 e. The van der Waals surface area contributed by atoms with Crippen molar-refractivity contribution >= 4 is 22.6 Å². The van der Waals surface area contributed by atoms with Crippen LogP contribution in [0.1, 0.15) is 40.3 Å². The molecule has 0 aliphatic heterocycles. The summed E-state index contributed by atoms with van der Waals surface area (Å²) in [4.78, 5) is 38.9. The van der Waals surface area contributed by atoms with Crippen LogP contribution in [0.2, 0.25) is 0 Å². The van der Waals surface area contributed by atoms with Gasteiger partial charge in [0.15, 0.2) is 6.10 Å². The molecule has 0 aliphatic rings. The molecular weight excluding hydrogens is 346 g/mol. The average molecular weight is 373 g/mol. The van der Waals surface area contributed by atoms with E-state index in [2.05, 4.69) is 5.10 Å². The highest BCUT2D eigenvalue weighted by Crippen LogP contribution is 2.15. The van der Waals surface area contributed by atoms with E-state index in [4.69, 9.17) is 4.74 Å². The first-order chi connectivity index (χ1) is 12.6. The number of rotatable bonds is 6. The highest BCUT2D eigenvalue weighted by molar-refractivity contribution is 5.88. The molecule has 1 atom stereocenters. The van der Waals surface area contributed by atoms with Gasteiger partial charge >= 0.3 is 5.97 Å². The summed E-state index contributed by atoms with van der Waals surface area (Å²) >= 11 is 0. The van der Waals surface area contributed by atoms with E-state index in [0.29, 0.717) is 16.5 Å². The van der Waals surface area contributed by atoms with Gasteiger partial charge in [-0.3, -0.25) is 14.4 Å². The van der Waals surface area contributed by atoms with E-state index in [0.717, 1.165) is 0 Å². The highest BCUT2D eigenvalue weighted by atomic mass is 16.5.